The highest BCUT2D eigenvalue weighted by molar-refractivity contribution is 6.04. The third-order valence-corrected chi connectivity index (χ3v) is 3.39. The summed E-state index contributed by atoms with van der Waals surface area (Å²) in [5.41, 5.74) is 9.34. The van der Waals surface area contributed by atoms with Crippen molar-refractivity contribution in [3.05, 3.63) is 60.2 Å². The highest BCUT2D eigenvalue weighted by atomic mass is 16.5. The SMILES string of the molecule is CCOC(=O)c1cc(-c2cccc(N)c2)nc2ccccc12. The molecule has 0 radical (unpaired) electrons. The van der Waals surface area contributed by atoms with Gasteiger partial charge in [0.25, 0.3) is 0 Å². The summed E-state index contributed by atoms with van der Waals surface area (Å²) in [6.07, 6.45) is 0. The van der Waals surface area contributed by atoms with Crippen molar-refractivity contribution in [1.29, 1.82) is 0 Å². The van der Waals surface area contributed by atoms with Gasteiger partial charge in [0.15, 0.2) is 0 Å². The number of benzene rings is 2. The van der Waals surface area contributed by atoms with Gasteiger partial charge in [-0.3, -0.25) is 0 Å². The maximum atomic E-state index is 12.2. The van der Waals surface area contributed by atoms with Gasteiger partial charge in [0.2, 0.25) is 0 Å². The summed E-state index contributed by atoms with van der Waals surface area (Å²) in [5, 5.41) is 0.786. The zero-order valence-corrected chi connectivity index (χ0v) is 12.2. The van der Waals surface area contributed by atoms with E-state index in [9.17, 15) is 4.79 Å². The average molecular weight is 292 g/mol. The second-order valence-corrected chi connectivity index (χ2v) is 4.92. The van der Waals surface area contributed by atoms with E-state index < -0.39 is 0 Å². The van der Waals surface area contributed by atoms with Gasteiger partial charge >= 0.3 is 5.97 Å². The number of nitrogens with zero attached hydrogens (tertiary/aromatic N) is 1. The van der Waals surface area contributed by atoms with Crippen LogP contribution in [-0.2, 0) is 4.74 Å². The Kier molecular flexibility index (Phi) is 3.74. The largest absolute Gasteiger partial charge is 0.462 e. The minimum Gasteiger partial charge on any atom is -0.462 e. The molecule has 1 heterocycles. The van der Waals surface area contributed by atoms with Crippen molar-refractivity contribution < 1.29 is 9.53 Å². The van der Waals surface area contributed by atoms with Crippen LogP contribution in [0.3, 0.4) is 0 Å². The molecule has 4 heteroatoms. The maximum absolute atomic E-state index is 12.2. The number of hydrogen-bond acceptors (Lipinski definition) is 4. The first-order chi connectivity index (χ1) is 10.7. The number of fused-ring (bicyclic) bond motifs is 1. The predicted octanol–water partition coefficient (Wildman–Crippen LogP) is 3.66. The number of anilines is 1. The van der Waals surface area contributed by atoms with Crippen LogP contribution in [0.15, 0.2) is 54.6 Å². The smallest absolute Gasteiger partial charge is 0.338 e. The molecule has 0 aliphatic heterocycles. The van der Waals surface area contributed by atoms with Gasteiger partial charge in [-0.15, -0.1) is 0 Å². The summed E-state index contributed by atoms with van der Waals surface area (Å²) >= 11 is 0. The molecular formula is C18H16N2O2. The molecule has 0 spiro atoms. The van der Waals surface area contributed by atoms with Crippen molar-refractivity contribution in [3.8, 4) is 11.3 Å². The van der Waals surface area contributed by atoms with E-state index in [1.807, 2.05) is 48.5 Å². The summed E-state index contributed by atoms with van der Waals surface area (Å²) < 4.78 is 5.16. The first kappa shape index (κ1) is 14.1. The number of ether oxygens (including phenoxy) is 1. The lowest BCUT2D eigenvalue weighted by atomic mass is 10.0. The Labute approximate surface area is 128 Å². The normalized spacial score (nSPS) is 10.6. The lowest BCUT2D eigenvalue weighted by Crippen LogP contribution is -2.06. The van der Waals surface area contributed by atoms with Crippen molar-refractivity contribution in [2.45, 2.75) is 6.92 Å². The summed E-state index contributed by atoms with van der Waals surface area (Å²) in [6.45, 7) is 2.13. The number of rotatable bonds is 3. The molecule has 0 bridgehead atoms. The molecule has 110 valence electrons. The molecule has 0 saturated heterocycles. The standard InChI is InChI=1S/C18H16N2O2/c1-2-22-18(21)15-11-17(12-6-5-7-13(19)10-12)20-16-9-4-3-8-14(15)16/h3-11H,2,19H2,1H3. The van der Waals surface area contributed by atoms with Crippen LogP contribution >= 0.6 is 0 Å². The van der Waals surface area contributed by atoms with E-state index >= 15 is 0 Å². The molecule has 0 saturated carbocycles. The summed E-state index contributed by atoms with van der Waals surface area (Å²) in [4.78, 5) is 16.9. The Morgan fingerprint density at radius 2 is 1.95 bits per heavy atom. The molecule has 2 N–H and O–H groups in total. The van der Waals surface area contributed by atoms with Crippen LogP contribution in [0.4, 0.5) is 5.69 Å². The second kappa shape index (κ2) is 5.85. The first-order valence-electron chi connectivity index (χ1n) is 7.12. The quantitative estimate of drug-likeness (QED) is 0.591. The van der Waals surface area contributed by atoms with Gasteiger partial charge in [0.05, 0.1) is 23.4 Å². The van der Waals surface area contributed by atoms with E-state index in [1.165, 1.54) is 0 Å². The highest BCUT2D eigenvalue weighted by Gasteiger charge is 2.14. The fourth-order valence-corrected chi connectivity index (χ4v) is 2.40. The Morgan fingerprint density at radius 1 is 1.14 bits per heavy atom. The van der Waals surface area contributed by atoms with Crippen LogP contribution in [0.2, 0.25) is 0 Å². The van der Waals surface area contributed by atoms with E-state index in [-0.39, 0.29) is 5.97 Å². The predicted molar refractivity (Wildman–Crippen MR) is 87.5 cm³/mol. The van der Waals surface area contributed by atoms with E-state index in [0.29, 0.717) is 23.6 Å². The van der Waals surface area contributed by atoms with E-state index in [1.54, 1.807) is 13.0 Å². The van der Waals surface area contributed by atoms with E-state index in [0.717, 1.165) is 16.5 Å². The van der Waals surface area contributed by atoms with Crippen LogP contribution in [0.1, 0.15) is 17.3 Å². The second-order valence-electron chi connectivity index (χ2n) is 4.92. The fourth-order valence-electron chi connectivity index (χ4n) is 2.40. The molecule has 3 aromatic rings. The van der Waals surface area contributed by atoms with E-state index in [4.69, 9.17) is 10.5 Å². The Hall–Kier alpha value is -2.88. The van der Waals surface area contributed by atoms with Crippen molar-refractivity contribution in [3.63, 3.8) is 0 Å². The summed E-state index contributed by atoms with van der Waals surface area (Å²) in [5.74, 6) is -0.341. The minimum atomic E-state index is -0.341. The number of hydrogen-bond donors (Lipinski definition) is 1. The van der Waals surface area contributed by atoms with Crippen molar-refractivity contribution in [2.24, 2.45) is 0 Å². The van der Waals surface area contributed by atoms with Gasteiger partial charge in [-0.2, -0.15) is 0 Å². The van der Waals surface area contributed by atoms with Gasteiger partial charge < -0.3 is 10.5 Å². The Morgan fingerprint density at radius 3 is 2.73 bits per heavy atom. The number of pyridine rings is 1. The van der Waals surface area contributed by atoms with Gasteiger partial charge in [0.1, 0.15) is 0 Å². The van der Waals surface area contributed by atoms with Gasteiger partial charge in [0, 0.05) is 16.6 Å². The molecule has 0 fully saturated rings. The average Bonchev–Trinajstić information content (AvgIpc) is 2.54. The van der Waals surface area contributed by atoms with Gasteiger partial charge in [-0.05, 0) is 31.2 Å². The van der Waals surface area contributed by atoms with Crippen LogP contribution in [-0.4, -0.2) is 17.6 Å². The van der Waals surface area contributed by atoms with Crippen molar-refractivity contribution in [1.82, 2.24) is 4.98 Å². The summed E-state index contributed by atoms with van der Waals surface area (Å²) in [6, 6.07) is 16.7. The lowest BCUT2D eigenvalue weighted by Gasteiger charge is -2.09. The zero-order valence-electron chi connectivity index (χ0n) is 12.2. The lowest BCUT2D eigenvalue weighted by molar-refractivity contribution is 0.0528. The van der Waals surface area contributed by atoms with Gasteiger partial charge in [-0.25, -0.2) is 9.78 Å². The third kappa shape index (κ3) is 2.63. The first-order valence-corrected chi connectivity index (χ1v) is 7.12. The van der Waals surface area contributed by atoms with Crippen molar-refractivity contribution in [2.75, 3.05) is 12.3 Å². The molecule has 0 atom stereocenters. The number of carbonyl (C=O) groups excluding carboxylic acids is 1. The van der Waals surface area contributed by atoms with Crippen LogP contribution < -0.4 is 5.73 Å². The topological polar surface area (TPSA) is 65.2 Å². The molecule has 0 amide bonds. The van der Waals surface area contributed by atoms with Crippen LogP contribution in [0.5, 0.6) is 0 Å². The monoisotopic (exact) mass is 292 g/mol. The maximum Gasteiger partial charge on any atom is 0.338 e. The van der Waals surface area contributed by atoms with Crippen LogP contribution in [0.25, 0.3) is 22.2 Å². The Bertz CT molecular complexity index is 843. The van der Waals surface area contributed by atoms with Crippen LogP contribution in [0, 0.1) is 0 Å². The van der Waals surface area contributed by atoms with Crippen molar-refractivity contribution >= 4 is 22.6 Å². The number of aromatic nitrogens is 1. The third-order valence-electron chi connectivity index (χ3n) is 3.39. The zero-order chi connectivity index (χ0) is 15.5. The number of nitrogen functional groups attached to an aromatic ring is 1. The van der Waals surface area contributed by atoms with Gasteiger partial charge in [-0.1, -0.05) is 30.3 Å². The molecule has 4 nitrogen and oxygen atoms in total. The number of para-hydroxylation sites is 1. The molecule has 1 aromatic heterocycles. The molecule has 0 aliphatic carbocycles. The highest BCUT2D eigenvalue weighted by Crippen LogP contribution is 2.26. The Balaban J connectivity index is 2.22. The number of esters is 1. The summed E-state index contributed by atoms with van der Waals surface area (Å²) in [7, 11) is 0. The molecule has 0 aliphatic rings. The van der Waals surface area contributed by atoms with E-state index in [2.05, 4.69) is 4.98 Å². The molecule has 3 rings (SSSR count). The molecular weight excluding hydrogens is 276 g/mol. The number of nitrogens with two attached hydrogens (primary N) is 1. The number of carbonyl (C=O) groups is 1. The fraction of sp³-hybridized carbons (Fsp3) is 0.111. The molecule has 0 unspecified atom stereocenters. The molecule has 2 aromatic carbocycles. The molecule has 22 heavy (non-hydrogen) atoms. The minimum absolute atomic E-state index is 0.336.